The smallest absolute Gasteiger partial charge is 0.123 e. The molecule has 100 valence electrons. The van der Waals surface area contributed by atoms with Gasteiger partial charge in [0.25, 0.3) is 0 Å². The Balaban J connectivity index is 2.24. The minimum atomic E-state index is 0.131. The van der Waals surface area contributed by atoms with Gasteiger partial charge in [-0.25, -0.2) is 0 Å². The number of aliphatic hydroxyl groups excluding tert-OH is 1. The van der Waals surface area contributed by atoms with Crippen LogP contribution in [0.2, 0.25) is 0 Å². The molecule has 4 nitrogen and oxygen atoms in total. The summed E-state index contributed by atoms with van der Waals surface area (Å²) in [5.74, 6) is 0.795. The highest BCUT2D eigenvalue weighted by Crippen LogP contribution is 2.31. The van der Waals surface area contributed by atoms with Gasteiger partial charge in [-0.05, 0) is 32.8 Å². The van der Waals surface area contributed by atoms with Crippen LogP contribution in [0.3, 0.4) is 0 Å². The van der Waals surface area contributed by atoms with Crippen molar-refractivity contribution in [2.24, 2.45) is 0 Å². The first-order valence-electron chi connectivity index (χ1n) is 6.55. The van der Waals surface area contributed by atoms with E-state index in [2.05, 4.69) is 4.90 Å². The second kappa shape index (κ2) is 5.48. The summed E-state index contributed by atoms with van der Waals surface area (Å²) in [7, 11) is 0. The van der Waals surface area contributed by atoms with Crippen LogP contribution in [0.1, 0.15) is 26.7 Å². The van der Waals surface area contributed by atoms with Crippen molar-refractivity contribution in [1.29, 1.82) is 0 Å². The third kappa shape index (κ3) is 2.88. The lowest BCUT2D eigenvalue weighted by molar-refractivity contribution is 0.242. The zero-order valence-electron chi connectivity index (χ0n) is 11.1. The number of nitrogens with zero attached hydrogens (tertiary/aromatic N) is 1. The molecule has 18 heavy (non-hydrogen) atoms. The van der Waals surface area contributed by atoms with Gasteiger partial charge in [-0.2, -0.15) is 0 Å². The van der Waals surface area contributed by atoms with E-state index < -0.39 is 0 Å². The Labute approximate surface area is 108 Å². The Morgan fingerprint density at radius 2 is 2.22 bits per heavy atom. The van der Waals surface area contributed by atoms with E-state index in [1.165, 1.54) is 0 Å². The molecule has 1 unspecified atom stereocenters. The fraction of sp³-hybridized carbons (Fsp3) is 0.571. The molecule has 2 rings (SSSR count). The number of hydrogen-bond donors (Lipinski definition) is 2. The minimum absolute atomic E-state index is 0.131. The Morgan fingerprint density at radius 1 is 1.44 bits per heavy atom. The number of nitrogens with two attached hydrogens (primary N) is 1. The van der Waals surface area contributed by atoms with Crippen molar-refractivity contribution >= 4 is 11.4 Å². The molecule has 1 aliphatic heterocycles. The summed E-state index contributed by atoms with van der Waals surface area (Å²) in [6.45, 7) is 5.15. The molecule has 0 aliphatic carbocycles. The summed E-state index contributed by atoms with van der Waals surface area (Å²) >= 11 is 0. The molecule has 1 aromatic rings. The van der Waals surface area contributed by atoms with Gasteiger partial charge in [0, 0.05) is 30.1 Å². The molecule has 3 N–H and O–H groups in total. The van der Waals surface area contributed by atoms with Gasteiger partial charge < -0.3 is 20.5 Å². The van der Waals surface area contributed by atoms with Crippen molar-refractivity contribution in [1.82, 2.24) is 0 Å². The fourth-order valence-electron chi connectivity index (χ4n) is 2.48. The van der Waals surface area contributed by atoms with E-state index in [0.29, 0.717) is 5.69 Å². The maximum atomic E-state index is 9.38. The number of rotatable bonds is 4. The van der Waals surface area contributed by atoms with Crippen molar-refractivity contribution < 1.29 is 9.84 Å². The molecule has 1 aliphatic rings. The molecule has 0 bridgehead atoms. The quantitative estimate of drug-likeness (QED) is 0.803. The highest BCUT2D eigenvalue weighted by Gasteiger charge is 2.24. The van der Waals surface area contributed by atoms with Crippen LogP contribution in [-0.4, -0.2) is 30.4 Å². The van der Waals surface area contributed by atoms with Gasteiger partial charge in [0.15, 0.2) is 0 Å². The molecular formula is C14H22N2O2. The van der Waals surface area contributed by atoms with Crippen LogP contribution in [0, 0.1) is 0 Å². The molecule has 0 spiro atoms. The van der Waals surface area contributed by atoms with Crippen LogP contribution in [0.5, 0.6) is 5.75 Å². The summed E-state index contributed by atoms with van der Waals surface area (Å²) < 4.78 is 5.69. The third-order valence-corrected chi connectivity index (χ3v) is 3.20. The third-order valence-electron chi connectivity index (χ3n) is 3.20. The summed E-state index contributed by atoms with van der Waals surface area (Å²) in [5, 5.41) is 9.38. The van der Waals surface area contributed by atoms with Crippen molar-refractivity contribution in [3.8, 4) is 5.75 Å². The Hall–Kier alpha value is -1.42. The first kappa shape index (κ1) is 13.0. The predicted molar refractivity (Wildman–Crippen MR) is 74.1 cm³/mol. The van der Waals surface area contributed by atoms with Crippen LogP contribution < -0.4 is 15.4 Å². The second-order valence-corrected chi connectivity index (χ2v) is 5.10. The molecule has 1 fully saturated rings. The molecule has 1 atom stereocenters. The number of nitrogen functional groups attached to an aromatic ring is 1. The fourth-order valence-corrected chi connectivity index (χ4v) is 2.48. The average molecular weight is 250 g/mol. The van der Waals surface area contributed by atoms with Gasteiger partial charge in [-0.15, -0.1) is 0 Å². The topological polar surface area (TPSA) is 58.7 Å². The standard InChI is InChI=1S/C14H22N2O2/c1-10(2)18-14-7-11(15)6-13(8-14)16-5-3-4-12(16)9-17/h6-8,10,12,17H,3-5,9,15H2,1-2H3. The second-order valence-electron chi connectivity index (χ2n) is 5.10. The SMILES string of the molecule is CC(C)Oc1cc(N)cc(N2CCCC2CO)c1. The van der Waals surface area contributed by atoms with Crippen LogP contribution in [-0.2, 0) is 0 Å². The summed E-state index contributed by atoms with van der Waals surface area (Å²) in [5.41, 5.74) is 7.66. The highest BCUT2D eigenvalue weighted by molar-refractivity contribution is 5.61. The molecule has 0 aromatic heterocycles. The Kier molecular flexibility index (Phi) is 3.97. The summed E-state index contributed by atoms with van der Waals surface area (Å²) in [6, 6.07) is 6.00. The number of ether oxygens (including phenoxy) is 1. The lowest BCUT2D eigenvalue weighted by atomic mass is 10.2. The summed E-state index contributed by atoms with van der Waals surface area (Å²) in [6.07, 6.45) is 2.28. The monoisotopic (exact) mass is 250 g/mol. The lowest BCUT2D eigenvalue weighted by Crippen LogP contribution is -2.32. The van der Waals surface area contributed by atoms with Gasteiger partial charge in [0.2, 0.25) is 0 Å². The van der Waals surface area contributed by atoms with Crippen molar-refractivity contribution in [2.45, 2.75) is 38.8 Å². The maximum absolute atomic E-state index is 9.38. The van der Waals surface area contributed by atoms with Crippen molar-refractivity contribution in [2.75, 3.05) is 23.8 Å². The van der Waals surface area contributed by atoms with E-state index in [1.54, 1.807) is 0 Å². The van der Waals surface area contributed by atoms with Gasteiger partial charge in [-0.3, -0.25) is 0 Å². The first-order chi connectivity index (χ1) is 8.60. The lowest BCUT2D eigenvalue weighted by Gasteiger charge is -2.26. The average Bonchev–Trinajstić information content (AvgIpc) is 2.75. The zero-order chi connectivity index (χ0) is 13.1. The summed E-state index contributed by atoms with van der Waals surface area (Å²) in [4.78, 5) is 2.21. The molecule has 1 saturated heterocycles. The maximum Gasteiger partial charge on any atom is 0.123 e. The molecule has 0 amide bonds. The molecule has 4 heteroatoms. The van der Waals surface area contributed by atoms with Crippen LogP contribution in [0.4, 0.5) is 11.4 Å². The molecule has 0 saturated carbocycles. The van der Waals surface area contributed by atoms with Crippen molar-refractivity contribution in [3.05, 3.63) is 18.2 Å². The van der Waals surface area contributed by atoms with Crippen LogP contribution in [0.15, 0.2) is 18.2 Å². The van der Waals surface area contributed by atoms with Crippen LogP contribution in [0.25, 0.3) is 0 Å². The van der Waals surface area contributed by atoms with Crippen molar-refractivity contribution in [3.63, 3.8) is 0 Å². The molecule has 1 heterocycles. The first-order valence-corrected chi connectivity index (χ1v) is 6.55. The molecule has 0 radical (unpaired) electrons. The normalized spacial score (nSPS) is 19.6. The van der Waals surface area contributed by atoms with E-state index >= 15 is 0 Å². The molecular weight excluding hydrogens is 228 g/mol. The van der Waals surface area contributed by atoms with Gasteiger partial charge in [0.05, 0.1) is 18.8 Å². The largest absolute Gasteiger partial charge is 0.491 e. The van der Waals surface area contributed by atoms with Crippen LogP contribution >= 0.6 is 0 Å². The van der Waals surface area contributed by atoms with E-state index in [9.17, 15) is 5.11 Å². The molecule has 1 aromatic carbocycles. The van der Waals surface area contributed by atoms with Gasteiger partial charge in [-0.1, -0.05) is 0 Å². The Morgan fingerprint density at radius 3 is 2.89 bits per heavy atom. The van der Waals surface area contributed by atoms with Gasteiger partial charge >= 0.3 is 0 Å². The number of anilines is 2. The number of hydrogen-bond acceptors (Lipinski definition) is 4. The minimum Gasteiger partial charge on any atom is -0.491 e. The highest BCUT2D eigenvalue weighted by atomic mass is 16.5. The van der Waals surface area contributed by atoms with E-state index in [4.69, 9.17) is 10.5 Å². The number of benzene rings is 1. The van der Waals surface area contributed by atoms with E-state index in [0.717, 1.165) is 30.8 Å². The number of aliphatic hydroxyl groups is 1. The zero-order valence-corrected chi connectivity index (χ0v) is 11.1. The van der Waals surface area contributed by atoms with Gasteiger partial charge in [0.1, 0.15) is 5.75 Å². The van der Waals surface area contributed by atoms with E-state index in [1.807, 2.05) is 32.0 Å². The Bertz CT molecular complexity index is 407. The predicted octanol–water partition coefficient (Wildman–Crippen LogP) is 2.02. The van der Waals surface area contributed by atoms with E-state index in [-0.39, 0.29) is 18.8 Å².